The zero-order chi connectivity index (χ0) is 23.7. The molecule has 0 unspecified atom stereocenters. The van der Waals surface area contributed by atoms with Crippen LogP contribution in [0, 0.1) is 13.8 Å². The normalized spacial score (nSPS) is 13.9. The maximum absolute atomic E-state index is 2.66. The van der Waals surface area contributed by atoms with Crippen molar-refractivity contribution >= 4 is 12.2 Å². The lowest BCUT2D eigenvalue weighted by molar-refractivity contribution is -0.709. The fraction of sp³-hybridized carbons (Fsp3) is 0.719. The van der Waals surface area contributed by atoms with Gasteiger partial charge >= 0.3 is 0 Å². The summed E-state index contributed by atoms with van der Waals surface area (Å²) in [7, 11) is 0. The monoisotopic (exact) mass is 487 g/mol. The van der Waals surface area contributed by atoms with E-state index in [1.807, 2.05) is 0 Å². The predicted octanol–water partition coefficient (Wildman–Crippen LogP) is 6.85. The highest BCUT2D eigenvalue weighted by Gasteiger charge is 2.25. The summed E-state index contributed by atoms with van der Waals surface area (Å²) in [5, 5.41) is 0. The van der Waals surface area contributed by atoms with Gasteiger partial charge in [-0.05, 0) is 51.0 Å². The van der Waals surface area contributed by atoms with Gasteiger partial charge in [-0.15, -0.1) is 0 Å². The summed E-state index contributed by atoms with van der Waals surface area (Å²) in [6.45, 7) is 10.5. The molecule has 1 aromatic heterocycles. The Morgan fingerprint density at radius 1 is 0.647 bits per heavy atom. The van der Waals surface area contributed by atoms with Crippen molar-refractivity contribution in [1.29, 1.82) is 0 Å². The Morgan fingerprint density at radius 3 is 1.76 bits per heavy atom. The molecule has 1 aliphatic heterocycles. The predicted molar refractivity (Wildman–Crippen MR) is 148 cm³/mol. The average Bonchev–Trinajstić information content (AvgIpc) is 3.07. The highest BCUT2D eigenvalue weighted by atomic mass is 35.5. The van der Waals surface area contributed by atoms with Crippen molar-refractivity contribution < 1.29 is 17.0 Å². The van der Waals surface area contributed by atoms with Crippen LogP contribution in [0.5, 0.6) is 0 Å². The Kier molecular flexibility index (Phi) is 17.4. The molecule has 1 aliphatic rings. The molecular weight excluding hydrogens is 434 g/mol. The van der Waals surface area contributed by atoms with E-state index in [2.05, 4.69) is 56.6 Å². The Bertz CT molecular complexity index is 731. The SMILES string of the molecule is CCCCCCCC/C=C\c1c(C)c(/C=C\CCCCCCCC)c2[n+](c1C)CCCCC2.[Cl-]. The molecule has 0 bridgehead atoms. The molecule has 0 aliphatic carbocycles. The van der Waals surface area contributed by atoms with Crippen LogP contribution in [0.3, 0.4) is 0 Å². The van der Waals surface area contributed by atoms with Crippen LogP contribution in [0.25, 0.3) is 12.2 Å². The molecule has 0 spiro atoms. The number of allylic oxidation sites excluding steroid dienone is 2. The number of rotatable bonds is 16. The van der Waals surface area contributed by atoms with Crippen LogP contribution in [0.2, 0.25) is 0 Å². The van der Waals surface area contributed by atoms with Gasteiger partial charge in [-0.25, -0.2) is 0 Å². The molecule has 0 saturated heterocycles. The van der Waals surface area contributed by atoms with Crippen LogP contribution < -0.4 is 17.0 Å². The van der Waals surface area contributed by atoms with Crippen molar-refractivity contribution in [1.82, 2.24) is 0 Å². The van der Waals surface area contributed by atoms with Gasteiger partial charge in [0.1, 0.15) is 6.54 Å². The molecule has 0 atom stereocenters. The number of nitrogens with zero attached hydrogens (tertiary/aromatic N) is 1. The van der Waals surface area contributed by atoms with Crippen molar-refractivity contribution in [2.75, 3.05) is 0 Å². The first-order valence-corrected chi connectivity index (χ1v) is 14.6. The number of hydrogen-bond acceptors (Lipinski definition) is 0. The zero-order valence-electron chi connectivity index (χ0n) is 23.1. The van der Waals surface area contributed by atoms with E-state index in [1.165, 1.54) is 145 Å². The molecule has 0 fully saturated rings. The summed E-state index contributed by atoms with van der Waals surface area (Å²) in [6, 6.07) is 0. The molecule has 2 rings (SSSR count). The molecule has 0 amide bonds. The fourth-order valence-corrected chi connectivity index (χ4v) is 5.39. The van der Waals surface area contributed by atoms with E-state index in [4.69, 9.17) is 0 Å². The van der Waals surface area contributed by atoms with E-state index >= 15 is 0 Å². The first kappa shape index (κ1) is 31.0. The van der Waals surface area contributed by atoms with Crippen LogP contribution >= 0.6 is 0 Å². The quantitative estimate of drug-likeness (QED) is 0.177. The van der Waals surface area contributed by atoms with Gasteiger partial charge in [0.05, 0.1) is 0 Å². The van der Waals surface area contributed by atoms with Crippen LogP contribution in [0.4, 0.5) is 0 Å². The Morgan fingerprint density at radius 2 is 1.18 bits per heavy atom. The van der Waals surface area contributed by atoms with Gasteiger partial charge in [-0.1, -0.05) is 102 Å². The van der Waals surface area contributed by atoms with E-state index in [1.54, 1.807) is 5.69 Å². The molecule has 1 nitrogen and oxygen atoms in total. The number of pyridine rings is 1. The second-order valence-corrected chi connectivity index (χ2v) is 10.4. The molecule has 1 aromatic rings. The van der Waals surface area contributed by atoms with Crippen molar-refractivity contribution in [2.24, 2.45) is 0 Å². The van der Waals surface area contributed by atoms with Gasteiger partial charge in [0, 0.05) is 30.9 Å². The average molecular weight is 488 g/mol. The van der Waals surface area contributed by atoms with Gasteiger partial charge in [0.15, 0.2) is 11.4 Å². The third-order valence-electron chi connectivity index (χ3n) is 7.55. The minimum Gasteiger partial charge on any atom is -1.00 e. The molecule has 194 valence electrons. The lowest BCUT2D eigenvalue weighted by Crippen LogP contribution is -3.00. The minimum absolute atomic E-state index is 0. The Labute approximate surface area is 218 Å². The molecular formula is C32H54ClN. The van der Waals surface area contributed by atoms with Crippen LogP contribution in [-0.2, 0) is 13.0 Å². The largest absolute Gasteiger partial charge is 1.00 e. The minimum atomic E-state index is 0. The molecule has 34 heavy (non-hydrogen) atoms. The summed E-state index contributed by atoms with van der Waals surface area (Å²) in [4.78, 5) is 0. The highest BCUT2D eigenvalue weighted by Crippen LogP contribution is 2.25. The van der Waals surface area contributed by atoms with Crippen LogP contribution in [0.15, 0.2) is 12.2 Å². The van der Waals surface area contributed by atoms with Gasteiger partial charge in [0.2, 0.25) is 0 Å². The van der Waals surface area contributed by atoms with Gasteiger partial charge < -0.3 is 12.4 Å². The van der Waals surface area contributed by atoms with Crippen molar-refractivity contribution in [2.45, 2.75) is 150 Å². The van der Waals surface area contributed by atoms with Crippen molar-refractivity contribution in [3.05, 3.63) is 40.2 Å². The summed E-state index contributed by atoms with van der Waals surface area (Å²) in [5.41, 5.74) is 7.57. The van der Waals surface area contributed by atoms with E-state index in [9.17, 15) is 0 Å². The number of fused-ring (bicyclic) bond motifs is 1. The standard InChI is InChI=1S/C32H54N.ClH/c1-5-7-9-11-13-15-17-20-24-30-28(3)31(25-21-18-16-14-12-10-8-6-2)32-26-22-19-23-27-33(32)29(30)4;/h20-21,24-25H,5-19,22-23,26-27H2,1-4H3;1H/q+1;/p-1/b24-20-,25-21-;. The number of aromatic nitrogens is 1. The number of halogens is 1. The van der Waals surface area contributed by atoms with Gasteiger partial charge in [0.25, 0.3) is 0 Å². The Hall–Kier alpha value is -1.08. The second-order valence-electron chi connectivity index (χ2n) is 10.4. The van der Waals surface area contributed by atoms with Crippen molar-refractivity contribution in [3.8, 4) is 0 Å². The molecule has 2 heteroatoms. The molecule has 0 saturated carbocycles. The zero-order valence-corrected chi connectivity index (χ0v) is 23.8. The summed E-state index contributed by atoms with van der Waals surface area (Å²) >= 11 is 0. The van der Waals surface area contributed by atoms with E-state index in [-0.39, 0.29) is 12.4 Å². The van der Waals surface area contributed by atoms with Crippen LogP contribution in [-0.4, -0.2) is 0 Å². The molecule has 0 N–H and O–H groups in total. The highest BCUT2D eigenvalue weighted by molar-refractivity contribution is 5.64. The van der Waals surface area contributed by atoms with Gasteiger partial charge in [-0.2, -0.15) is 4.57 Å². The van der Waals surface area contributed by atoms with E-state index < -0.39 is 0 Å². The lowest BCUT2D eigenvalue weighted by atomic mass is 9.95. The third-order valence-corrected chi connectivity index (χ3v) is 7.55. The smallest absolute Gasteiger partial charge is 0.189 e. The first-order chi connectivity index (χ1) is 16.2. The third kappa shape index (κ3) is 10.7. The number of unbranched alkanes of at least 4 members (excludes halogenated alkanes) is 12. The second kappa shape index (κ2) is 19.1. The topological polar surface area (TPSA) is 3.88 Å². The van der Waals surface area contributed by atoms with E-state index in [0.29, 0.717) is 0 Å². The van der Waals surface area contributed by atoms with E-state index in [0.717, 1.165) is 0 Å². The maximum Gasteiger partial charge on any atom is 0.189 e. The van der Waals surface area contributed by atoms with Gasteiger partial charge in [-0.3, -0.25) is 0 Å². The fourth-order valence-electron chi connectivity index (χ4n) is 5.39. The summed E-state index contributed by atoms with van der Waals surface area (Å²) < 4.78 is 2.66. The summed E-state index contributed by atoms with van der Waals surface area (Å²) in [5.74, 6) is 0. The lowest BCUT2D eigenvalue weighted by Gasteiger charge is -2.14. The summed E-state index contributed by atoms with van der Waals surface area (Å²) in [6.07, 6.45) is 34.1. The molecule has 0 radical (unpaired) electrons. The number of hydrogen-bond donors (Lipinski definition) is 0. The molecule has 0 aromatic carbocycles. The Balaban J connectivity index is 0.00000578. The van der Waals surface area contributed by atoms with Crippen molar-refractivity contribution in [3.63, 3.8) is 0 Å². The molecule has 2 heterocycles. The maximum atomic E-state index is 2.66. The first-order valence-electron chi connectivity index (χ1n) is 14.6. The van der Waals surface area contributed by atoms with Crippen LogP contribution in [0.1, 0.15) is 151 Å².